The Morgan fingerprint density at radius 1 is 1.30 bits per heavy atom. The first-order valence-electron chi connectivity index (χ1n) is 8.96. The number of hydrogen-bond acceptors (Lipinski definition) is 6. The van der Waals surface area contributed by atoms with Crippen molar-refractivity contribution in [2.45, 2.75) is 32.7 Å². The second-order valence-corrected chi connectivity index (χ2v) is 7.10. The van der Waals surface area contributed by atoms with Gasteiger partial charge in [0.2, 0.25) is 5.91 Å². The van der Waals surface area contributed by atoms with E-state index in [0.717, 1.165) is 12.0 Å². The minimum atomic E-state index is -0.103. The first-order valence-corrected chi connectivity index (χ1v) is 9.74. The van der Waals surface area contributed by atoms with Gasteiger partial charge in [0.15, 0.2) is 4.83 Å². The number of amides is 1. The van der Waals surface area contributed by atoms with Gasteiger partial charge in [-0.1, -0.05) is 30.3 Å². The largest absolute Gasteiger partial charge is 0.356 e. The number of hydrogen-bond donors (Lipinski definition) is 2. The highest BCUT2D eigenvalue weighted by molar-refractivity contribution is 7.12. The minimum Gasteiger partial charge on any atom is -0.356 e. The van der Waals surface area contributed by atoms with Gasteiger partial charge in [0, 0.05) is 19.4 Å². The van der Waals surface area contributed by atoms with Gasteiger partial charge in [-0.25, -0.2) is 4.98 Å². The van der Waals surface area contributed by atoms with Crippen molar-refractivity contribution in [1.29, 1.82) is 0 Å². The van der Waals surface area contributed by atoms with E-state index in [1.165, 1.54) is 11.5 Å². The molecule has 0 unspecified atom stereocenters. The molecule has 0 saturated heterocycles. The number of carbonyl (C=O) groups excluding carboxylic acids is 1. The van der Waals surface area contributed by atoms with Gasteiger partial charge >= 0.3 is 0 Å². The summed E-state index contributed by atoms with van der Waals surface area (Å²) in [5.74, 6) is 0.540. The van der Waals surface area contributed by atoms with E-state index < -0.39 is 0 Å². The molecule has 0 aliphatic heterocycles. The number of nitrogens with zero attached hydrogens (tertiary/aromatic N) is 3. The Bertz CT molecular complexity index is 981. The Balaban J connectivity index is 1.89. The highest BCUT2D eigenvalue weighted by atomic mass is 32.1. The van der Waals surface area contributed by atoms with Crippen LogP contribution in [0.4, 0.5) is 0 Å². The highest BCUT2D eigenvalue weighted by Crippen LogP contribution is 2.18. The van der Waals surface area contributed by atoms with Crippen LogP contribution in [0.2, 0.25) is 0 Å². The van der Waals surface area contributed by atoms with E-state index in [9.17, 15) is 9.59 Å². The van der Waals surface area contributed by atoms with Crippen LogP contribution in [0.25, 0.3) is 10.2 Å². The molecular weight excluding hydrogens is 362 g/mol. The molecule has 3 aromatic rings. The quantitative estimate of drug-likeness (QED) is 0.574. The number of nitrogens with two attached hydrogens (primary N) is 1. The molecule has 0 bridgehead atoms. The van der Waals surface area contributed by atoms with Crippen molar-refractivity contribution >= 4 is 27.7 Å². The van der Waals surface area contributed by atoms with E-state index in [2.05, 4.69) is 14.7 Å². The average Bonchev–Trinajstić information content (AvgIpc) is 3.04. The standard InChI is InChI=1S/C19H23N5O2S/c1-13-17-18(27-23-13)22-15(8-9-16(25)21-11-5-10-20)24(19(17)26)12-14-6-3-2-4-7-14/h2-4,6-7H,5,8-12,20H2,1H3,(H,21,25). The maximum Gasteiger partial charge on any atom is 0.264 e. The molecule has 7 nitrogen and oxygen atoms in total. The van der Waals surface area contributed by atoms with Crippen LogP contribution in [-0.4, -0.2) is 32.9 Å². The van der Waals surface area contributed by atoms with Crippen LogP contribution in [0.3, 0.4) is 0 Å². The van der Waals surface area contributed by atoms with Crippen LogP contribution < -0.4 is 16.6 Å². The number of benzene rings is 1. The van der Waals surface area contributed by atoms with Gasteiger partial charge in [0.25, 0.3) is 5.56 Å². The number of fused-ring (bicyclic) bond motifs is 1. The zero-order valence-electron chi connectivity index (χ0n) is 15.3. The van der Waals surface area contributed by atoms with Crippen LogP contribution in [0.5, 0.6) is 0 Å². The molecule has 0 aliphatic carbocycles. The smallest absolute Gasteiger partial charge is 0.264 e. The fourth-order valence-corrected chi connectivity index (χ4v) is 3.66. The Labute approximate surface area is 161 Å². The third-order valence-electron chi connectivity index (χ3n) is 4.31. The molecule has 3 rings (SSSR count). The van der Waals surface area contributed by atoms with Crippen molar-refractivity contribution in [3.8, 4) is 0 Å². The first-order chi connectivity index (χ1) is 13.1. The first kappa shape index (κ1) is 19.2. The maximum absolute atomic E-state index is 13.1. The molecular formula is C19H23N5O2S. The average molecular weight is 385 g/mol. The molecule has 2 aromatic heterocycles. The fourth-order valence-electron chi connectivity index (χ4n) is 2.87. The second kappa shape index (κ2) is 8.88. The summed E-state index contributed by atoms with van der Waals surface area (Å²) in [7, 11) is 0. The maximum atomic E-state index is 13.1. The lowest BCUT2D eigenvalue weighted by molar-refractivity contribution is -0.121. The van der Waals surface area contributed by atoms with E-state index in [0.29, 0.717) is 47.8 Å². The van der Waals surface area contributed by atoms with E-state index in [4.69, 9.17) is 5.73 Å². The molecule has 3 N–H and O–H groups in total. The predicted octanol–water partition coefficient (Wildman–Crippen LogP) is 1.61. The predicted molar refractivity (Wildman–Crippen MR) is 107 cm³/mol. The molecule has 142 valence electrons. The summed E-state index contributed by atoms with van der Waals surface area (Å²) in [5.41, 5.74) is 7.04. The van der Waals surface area contributed by atoms with E-state index >= 15 is 0 Å². The summed E-state index contributed by atoms with van der Waals surface area (Å²) in [4.78, 5) is 30.4. The third-order valence-corrected chi connectivity index (χ3v) is 5.14. The van der Waals surface area contributed by atoms with Crippen LogP contribution >= 0.6 is 11.5 Å². The van der Waals surface area contributed by atoms with Crippen molar-refractivity contribution < 1.29 is 4.79 Å². The second-order valence-electron chi connectivity index (χ2n) is 6.35. The molecule has 8 heteroatoms. The normalized spacial score (nSPS) is 11.0. The van der Waals surface area contributed by atoms with Gasteiger partial charge in [-0.3, -0.25) is 14.2 Å². The van der Waals surface area contributed by atoms with Crippen LogP contribution in [0.1, 0.15) is 29.9 Å². The number of nitrogens with one attached hydrogen (secondary N) is 1. The van der Waals surface area contributed by atoms with Crippen molar-refractivity contribution in [2.75, 3.05) is 13.1 Å². The van der Waals surface area contributed by atoms with Crippen LogP contribution in [-0.2, 0) is 17.8 Å². The van der Waals surface area contributed by atoms with Crippen LogP contribution in [0, 0.1) is 6.92 Å². The molecule has 27 heavy (non-hydrogen) atoms. The molecule has 0 spiro atoms. The molecule has 0 radical (unpaired) electrons. The summed E-state index contributed by atoms with van der Waals surface area (Å²) < 4.78 is 5.92. The Hall–Kier alpha value is -2.58. The number of aromatic nitrogens is 3. The van der Waals surface area contributed by atoms with Crippen molar-refractivity contribution in [3.05, 3.63) is 57.8 Å². The van der Waals surface area contributed by atoms with Gasteiger partial charge in [-0.15, -0.1) is 0 Å². The lowest BCUT2D eigenvalue weighted by atomic mass is 10.2. The molecule has 0 saturated carbocycles. The number of carbonyl (C=O) groups is 1. The van der Waals surface area contributed by atoms with Crippen molar-refractivity contribution in [3.63, 3.8) is 0 Å². The summed E-state index contributed by atoms with van der Waals surface area (Å²) in [5, 5.41) is 3.40. The molecule has 1 amide bonds. The van der Waals surface area contributed by atoms with Gasteiger partial charge < -0.3 is 11.1 Å². The van der Waals surface area contributed by atoms with Gasteiger partial charge in [-0.05, 0) is 37.0 Å². The lowest BCUT2D eigenvalue weighted by Crippen LogP contribution is -2.29. The van der Waals surface area contributed by atoms with Crippen molar-refractivity contribution in [2.24, 2.45) is 5.73 Å². The van der Waals surface area contributed by atoms with E-state index in [1.54, 1.807) is 4.57 Å². The molecule has 0 atom stereocenters. The monoisotopic (exact) mass is 385 g/mol. The third kappa shape index (κ3) is 4.58. The molecule has 2 heterocycles. The molecule has 1 aromatic carbocycles. The van der Waals surface area contributed by atoms with Gasteiger partial charge in [-0.2, -0.15) is 4.37 Å². The van der Waals surface area contributed by atoms with Crippen molar-refractivity contribution in [1.82, 2.24) is 19.2 Å². The van der Waals surface area contributed by atoms with Crippen LogP contribution in [0.15, 0.2) is 35.1 Å². The van der Waals surface area contributed by atoms with E-state index in [1.807, 2.05) is 37.3 Å². The Morgan fingerprint density at radius 2 is 2.07 bits per heavy atom. The van der Waals surface area contributed by atoms with Gasteiger partial charge in [0.1, 0.15) is 5.82 Å². The molecule has 0 fully saturated rings. The van der Waals surface area contributed by atoms with E-state index in [-0.39, 0.29) is 17.9 Å². The summed E-state index contributed by atoms with van der Waals surface area (Å²) >= 11 is 1.22. The highest BCUT2D eigenvalue weighted by Gasteiger charge is 2.16. The zero-order valence-corrected chi connectivity index (χ0v) is 16.1. The Morgan fingerprint density at radius 3 is 2.81 bits per heavy atom. The topological polar surface area (TPSA) is 103 Å². The fraction of sp³-hybridized carbons (Fsp3) is 0.368. The number of rotatable bonds is 8. The lowest BCUT2D eigenvalue weighted by Gasteiger charge is -2.13. The summed E-state index contributed by atoms with van der Waals surface area (Å²) in [6.45, 7) is 3.34. The molecule has 0 aliphatic rings. The Kier molecular flexibility index (Phi) is 6.31. The zero-order chi connectivity index (χ0) is 19.2. The number of aryl methyl sites for hydroxylation is 2. The summed E-state index contributed by atoms with van der Waals surface area (Å²) in [6, 6.07) is 9.76. The van der Waals surface area contributed by atoms with Gasteiger partial charge in [0.05, 0.1) is 17.6 Å². The minimum absolute atomic E-state index is 0.0652. The SMILES string of the molecule is Cc1nsc2nc(CCC(=O)NCCCN)n(Cc3ccccc3)c(=O)c12. The summed E-state index contributed by atoms with van der Waals surface area (Å²) in [6.07, 6.45) is 1.41.